The summed E-state index contributed by atoms with van der Waals surface area (Å²) in [6.45, 7) is 3.51. The Morgan fingerprint density at radius 2 is 1.76 bits per heavy atom. The Balaban J connectivity index is 1.46. The average Bonchev–Trinajstić information content (AvgIpc) is 3.43. The number of benzene rings is 2. The van der Waals surface area contributed by atoms with Gasteiger partial charge in [0.25, 0.3) is 5.91 Å². The number of ether oxygens (including phenoxy) is 2. The summed E-state index contributed by atoms with van der Waals surface area (Å²) in [5.41, 5.74) is -0.167. The molecule has 4 aliphatic heterocycles. The van der Waals surface area contributed by atoms with Gasteiger partial charge in [-0.1, -0.05) is 80.1 Å². The number of hydrogen-bond donors (Lipinski definition) is 2. The fourth-order valence-corrected chi connectivity index (χ4v) is 7.33. The van der Waals surface area contributed by atoms with Crippen LogP contribution in [0.5, 0.6) is 0 Å². The van der Waals surface area contributed by atoms with Crippen molar-refractivity contribution in [2.75, 3.05) is 24.7 Å². The van der Waals surface area contributed by atoms with Gasteiger partial charge in [-0.2, -0.15) is 0 Å². The Kier molecular flexibility index (Phi) is 9.05. The highest BCUT2D eigenvalue weighted by molar-refractivity contribution is 6.30. The van der Waals surface area contributed by atoms with Crippen molar-refractivity contribution < 1.29 is 33.8 Å². The molecular formula is C35H38ClN3O7. The number of anilines is 1. The molecule has 46 heavy (non-hydrogen) atoms. The number of nitrogens with one attached hydrogen (secondary N) is 1. The Hall–Kier alpha value is -3.99. The minimum atomic E-state index is -1.50. The van der Waals surface area contributed by atoms with Gasteiger partial charge in [-0.15, -0.1) is 0 Å². The molecule has 7 atom stereocenters. The Morgan fingerprint density at radius 1 is 1.02 bits per heavy atom. The van der Waals surface area contributed by atoms with E-state index in [4.69, 9.17) is 21.1 Å². The number of carbonyl (C=O) groups excluding carboxylic acids is 4. The van der Waals surface area contributed by atoms with Crippen molar-refractivity contribution in [1.82, 2.24) is 10.2 Å². The molecule has 11 heteroatoms. The molecule has 2 aromatic rings. The zero-order valence-electron chi connectivity index (χ0n) is 25.8. The number of cyclic esters (lactones) is 1. The number of rotatable bonds is 5. The minimum absolute atomic E-state index is 0.0799. The molecule has 1 spiro atoms. The first kappa shape index (κ1) is 32.0. The van der Waals surface area contributed by atoms with Crippen LogP contribution in [0, 0.1) is 17.8 Å². The Bertz CT molecular complexity index is 1540. The maximum Gasteiger partial charge on any atom is 0.306 e. The lowest BCUT2D eigenvalue weighted by molar-refractivity contribution is -0.147. The third-order valence-electron chi connectivity index (χ3n) is 9.46. The molecule has 4 aliphatic rings. The molecule has 10 nitrogen and oxygen atoms in total. The highest BCUT2D eigenvalue weighted by Crippen LogP contribution is 2.54. The monoisotopic (exact) mass is 647 g/mol. The molecule has 3 amide bonds. The molecule has 0 aliphatic carbocycles. The van der Waals surface area contributed by atoms with Crippen molar-refractivity contribution in [3.63, 3.8) is 0 Å². The largest absolute Gasteiger partial charge is 0.463 e. The second-order valence-corrected chi connectivity index (χ2v) is 13.0. The number of carbonyl (C=O) groups is 4. The van der Waals surface area contributed by atoms with Gasteiger partial charge in [-0.25, -0.2) is 0 Å². The number of likely N-dealkylation sites (tertiary alicyclic amines) is 1. The van der Waals surface area contributed by atoms with Crippen LogP contribution >= 0.6 is 11.6 Å². The standard InChI is InChI=1S/C35H38ClN3O7/c1-21(2)26(19-40)39-31-34(44)38(24-15-13-23(36)14-16-24)18-8-17-35(31)30(33(39)43)29-27(46-35)11-6-7-12-28(41)45-20-25(37-32(29)42)22-9-4-3-5-10-22/h3-6,8-11,13-17,21,25-27,29-31,40H,7,12,18-20H2,1-2H3,(H,37,42)/b11-6-/t25-,26+,27+,29-,30-,31+,35-/m1/s1. The lowest BCUT2D eigenvalue weighted by Gasteiger charge is -2.39. The molecule has 6 rings (SSSR count). The van der Waals surface area contributed by atoms with Gasteiger partial charge in [0.1, 0.15) is 18.2 Å². The van der Waals surface area contributed by atoms with Gasteiger partial charge in [-0.3, -0.25) is 19.2 Å². The van der Waals surface area contributed by atoms with Crippen molar-refractivity contribution in [2.24, 2.45) is 17.8 Å². The van der Waals surface area contributed by atoms with Crippen molar-refractivity contribution in [3.8, 4) is 0 Å². The first-order valence-electron chi connectivity index (χ1n) is 15.7. The van der Waals surface area contributed by atoms with Crippen molar-refractivity contribution in [2.45, 2.75) is 56.5 Å². The van der Waals surface area contributed by atoms with E-state index < -0.39 is 59.5 Å². The highest BCUT2D eigenvalue weighted by Gasteiger charge is 2.72. The molecule has 4 heterocycles. The summed E-state index contributed by atoms with van der Waals surface area (Å²) in [5.74, 6) is -3.94. The van der Waals surface area contributed by atoms with Crippen LogP contribution in [0.1, 0.15) is 38.3 Å². The maximum absolute atomic E-state index is 14.7. The van der Waals surface area contributed by atoms with E-state index >= 15 is 0 Å². The van der Waals surface area contributed by atoms with Gasteiger partial charge in [0.15, 0.2) is 0 Å². The van der Waals surface area contributed by atoms with Crippen LogP contribution in [0.15, 0.2) is 78.9 Å². The van der Waals surface area contributed by atoms with E-state index in [9.17, 15) is 24.3 Å². The van der Waals surface area contributed by atoms with E-state index in [1.165, 1.54) is 4.90 Å². The van der Waals surface area contributed by atoms with E-state index in [1.807, 2.05) is 44.2 Å². The second-order valence-electron chi connectivity index (χ2n) is 12.5. The Labute approximate surface area is 273 Å². The number of fused-ring (bicyclic) bond motifs is 2. The van der Waals surface area contributed by atoms with Crippen LogP contribution in [0.3, 0.4) is 0 Å². The predicted octanol–water partition coefficient (Wildman–Crippen LogP) is 3.59. The topological polar surface area (TPSA) is 125 Å². The van der Waals surface area contributed by atoms with Gasteiger partial charge < -0.3 is 29.7 Å². The number of esters is 1. The van der Waals surface area contributed by atoms with E-state index in [1.54, 1.807) is 53.5 Å². The fourth-order valence-electron chi connectivity index (χ4n) is 7.21. The SMILES string of the molecule is CC(C)[C@H](CO)N1C(=O)[C@H]2[C@@H]3C(=O)N[C@@H](c4ccccc4)COC(=O)CC/C=C\[C@@H]3O[C@]23C=CCN(c2ccc(Cl)cc2)C(=O)[C@H]13. The first-order chi connectivity index (χ1) is 22.2. The molecule has 0 aromatic heterocycles. The third kappa shape index (κ3) is 5.63. The van der Waals surface area contributed by atoms with Crippen LogP contribution in [0.25, 0.3) is 0 Å². The minimum Gasteiger partial charge on any atom is -0.463 e. The van der Waals surface area contributed by atoms with E-state index in [0.717, 1.165) is 5.56 Å². The molecule has 2 fully saturated rings. The van der Waals surface area contributed by atoms with Crippen LogP contribution < -0.4 is 10.2 Å². The normalized spacial score (nSPS) is 31.2. The zero-order valence-corrected chi connectivity index (χ0v) is 26.5. The molecule has 0 saturated carbocycles. The molecular weight excluding hydrogens is 610 g/mol. The number of amides is 3. The smallest absolute Gasteiger partial charge is 0.306 e. The molecule has 0 bridgehead atoms. The summed E-state index contributed by atoms with van der Waals surface area (Å²) < 4.78 is 12.3. The number of nitrogens with zero attached hydrogens (tertiary/aromatic N) is 2. The van der Waals surface area contributed by atoms with Gasteiger partial charge in [0, 0.05) is 23.7 Å². The Morgan fingerprint density at radius 3 is 2.46 bits per heavy atom. The summed E-state index contributed by atoms with van der Waals surface area (Å²) in [7, 11) is 0. The maximum atomic E-state index is 14.7. The van der Waals surface area contributed by atoms with E-state index in [0.29, 0.717) is 17.1 Å². The molecule has 2 N–H and O–H groups in total. The van der Waals surface area contributed by atoms with Crippen LogP contribution in [-0.4, -0.2) is 77.2 Å². The quantitative estimate of drug-likeness (QED) is 0.375. The number of aliphatic hydroxyl groups is 1. The summed E-state index contributed by atoms with van der Waals surface area (Å²) in [4.78, 5) is 59.3. The van der Waals surface area contributed by atoms with Gasteiger partial charge in [-0.05, 0) is 42.2 Å². The summed E-state index contributed by atoms with van der Waals surface area (Å²) in [5, 5.41) is 14.1. The zero-order chi connectivity index (χ0) is 32.6. The summed E-state index contributed by atoms with van der Waals surface area (Å²) in [6.07, 6.45) is 6.65. The van der Waals surface area contributed by atoms with Crippen molar-refractivity contribution >= 4 is 41.0 Å². The molecule has 2 aromatic carbocycles. The van der Waals surface area contributed by atoms with Crippen molar-refractivity contribution in [1.29, 1.82) is 0 Å². The number of allylic oxidation sites excluding steroid dienone is 1. The summed E-state index contributed by atoms with van der Waals surface area (Å²) >= 11 is 6.14. The van der Waals surface area contributed by atoms with Crippen LogP contribution in [0.2, 0.25) is 5.02 Å². The van der Waals surface area contributed by atoms with Gasteiger partial charge in [0.05, 0.1) is 36.6 Å². The lowest BCUT2D eigenvalue weighted by Crippen LogP contribution is -2.59. The predicted molar refractivity (Wildman–Crippen MR) is 171 cm³/mol. The fraction of sp³-hybridized carbons (Fsp3) is 0.429. The van der Waals surface area contributed by atoms with Gasteiger partial charge >= 0.3 is 5.97 Å². The molecule has 0 radical (unpaired) electrons. The molecule has 2 saturated heterocycles. The van der Waals surface area contributed by atoms with E-state index in [2.05, 4.69) is 5.32 Å². The third-order valence-corrected chi connectivity index (χ3v) is 9.71. The highest BCUT2D eigenvalue weighted by atomic mass is 35.5. The first-order valence-corrected chi connectivity index (χ1v) is 16.1. The number of hydrogen-bond acceptors (Lipinski definition) is 7. The van der Waals surface area contributed by atoms with Gasteiger partial charge in [0.2, 0.25) is 11.8 Å². The summed E-state index contributed by atoms with van der Waals surface area (Å²) in [6, 6.07) is 13.5. The second kappa shape index (κ2) is 13.0. The van der Waals surface area contributed by atoms with Crippen molar-refractivity contribution in [3.05, 3.63) is 89.5 Å². The lowest BCUT2D eigenvalue weighted by atomic mass is 9.77. The molecule has 0 unspecified atom stereocenters. The number of aliphatic hydroxyl groups excluding tert-OH is 1. The molecule has 242 valence electrons. The number of halogens is 1. The van der Waals surface area contributed by atoms with Crippen LogP contribution in [0.4, 0.5) is 5.69 Å². The van der Waals surface area contributed by atoms with Crippen LogP contribution in [-0.2, 0) is 28.7 Å². The van der Waals surface area contributed by atoms with E-state index in [-0.39, 0.29) is 38.0 Å². The average molecular weight is 648 g/mol.